The van der Waals surface area contributed by atoms with Gasteiger partial charge in [0.1, 0.15) is 11.0 Å². The van der Waals surface area contributed by atoms with Crippen molar-refractivity contribution in [1.29, 1.82) is 0 Å². The SMILES string of the molecule is Cc1nc(-c2nc(C3C=CC(C(C)(C)C)=CC3)no2)nn1Cc1ccnc(Cl)c1. The Hall–Kier alpha value is -2.80. The van der Waals surface area contributed by atoms with E-state index >= 15 is 0 Å². The molecule has 29 heavy (non-hydrogen) atoms. The van der Waals surface area contributed by atoms with Crippen LogP contribution in [0.4, 0.5) is 0 Å². The van der Waals surface area contributed by atoms with Crippen molar-refractivity contribution < 1.29 is 4.52 Å². The molecule has 1 aliphatic carbocycles. The van der Waals surface area contributed by atoms with Gasteiger partial charge >= 0.3 is 0 Å². The summed E-state index contributed by atoms with van der Waals surface area (Å²) in [7, 11) is 0. The van der Waals surface area contributed by atoms with Crippen LogP contribution in [0.25, 0.3) is 11.7 Å². The van der Waals surface area contributed by atoms with Crippen molar-refractivity contribution in [3.63, 3.8) is 0 Å². The van der Waals surface area contributed by atoms with Crippen molar-refractivity contribution >= 4 is 11.6 Å². The van der Waals surface area contributed by atoms with Gasteiger partial charge in [-0.05, 0) is 42.0 Å². The number of nitrogens with zero attached hydrogens (tertiary/aromatic N) is 6. The monoisotopic (exact) mass is 410 g/mol. The lowest BCUT2D eigenvalue weighted by molar-refractivity contribution is 0.416. The molecular formula is C21H23ClN6O. The topological polar surface area (TPSA) is 82.5 Å². The van der Waals surface area contributed by atoms with Gasteiger partial charge in [-0.1, -0.05) is 55.8 Å². The number of allylic oxidation sites excluding steroid dienone is 4. The van der Waals surface area contributed by atoms with Gasteiger partial charge in [-0.15, -0.1) is 5.10 Å². The van der Waals surface area contributed by atoms with E-state index in [9.17, 15) is 0 Å². The molecule has 4 rings (SSSR count). The zero-order chi connectivity index (χ0) is 20.6. The van der Waals surface area contributed by atoms with Crippen molar-refractivity contribution in [3.05, 3.63) is 64.5 Å². The second-order valence-corrected chi connectivity index (χ2v) is 8.58. The summed E-state index contributed by atoms with van der Waals surface area (Å²) in [6.45, 7) is 9.05. The lowest BCUT2D eigenvalue weighted by Crippen LogP contribution is -2.11. The highest BCUT2D eigenvalue weighted by atomic mass is 35.5. The first-order chi connectivity index (χ1) is 13.8. The molecule has 0 bridgehead atoms. The standard InChI is InChI=1S/C21H23ClN6O/c1-13-24-19(26-28(13)12-14-9-10-23-17(22)11-14)20-25-18(27-29-20)15-5-7-16(8-6-15)21(2,3)4/h5,7-11,15H,6,12H2,1-4H3. The lowest BCUT2D eigenvalue weighted by Gasteiger charge is -2.24. The van der Waals surface area contributed by atoms with E-state index in [0.717, 1.165) is 17.8 Å². The van der Waals surface area contributed by atoms with Crippen LogP contribution >= 0.6 is 11.6 Å². The minimum atomic E-state index is 0.0979. The van der Waals surface area contributed by atoms with Crippen molar-refractivity contribution in [2.24, 2.45) is 5.41 Å². The normalized spacial score (nSPS) is 16.9. The summed E-state index contributed by atoms with van der Waals surface area (Å²) in [5.74, 6) is 2.25. The first-order valence-electron chi connectivity index (χ1n) is 9.54. The highest BCUT2D eigenvalue weighted by Crippen LogP contribution is 2.33. The Balaban J connectivity index is 1.51. The summed E-state index contributed by atoms with van der Waals surface area (Å²) in [6.07, 6.45) is 9.07. The molecule has 0 amide bonds. The molecule has 3 heterocycles. The molecule has 0 N–H and O–H groups in total. The van der Waals surface area contributed by atoms with E-state index in [1.165, 1.54) is 5.57 Å². The van der Waals surface area contributed by atoms with E-state index in [4.69, 9.17) is 16.1 Å². The third kappa shape index (κ3) is 4.29. The Bertz CT molecular complexity index is 1090. The van der Waals surface area contributed by atoms with Crippen molar-refractivity contribution in [1.82, 2.24) is 29.9 Å². The van der Waals surface area contributed by atoms with E-state index in [1.807, 2.05) is 19.1 Å². The molecule has 8 heteroatoms. The number of hydrogen-bond donors (Lipinski definition) is 0. The second-order valence-electron chi connectivity index (χ2n) is 8.20. The molecule has 0 aromatic carbocycles. The second kappa shape index (κ2) is 7.55. The number of hydrogen-bond acceptors (Lipinski definition) is 6. The number of aryl methyl sites for hydroxylation is 1. The van der Waals surface area contributed by atoms with Gasteiger partial charge in [-0.25, -0.2) is 14.6 Å². The Morgan fingerprint density at radius 3 is 2.79 bits per heavy atom. The van der Waals surface area contributed by atoms with E-state index in [-0.39, 0.29) is 11.3 Å². The van der Waals surface area contributed by atoms with Crippen LogP contribution in [-0.4, -0.2) is 29.9 Å². The summed E-state index contributed by atoms with van der Waals surface area (Å²) in [5.41, 5.74) is 2.45. The van der Waals surface area contributed by atoms with Crippen molar-refractivity contribution in [2.45, 2.75) is 46.6 Å². The Kier molecular flexibility index (Phi) is 5.08. The summed E-state index contributed by atoms with van der Waals surface area (Å²) in [5, 5.41) is 9.13. The predicted octanol–water partition coefficient (Wildman–Crippen LogP) is 4.75. The maximum atomic E-state index is 5.96. The van der Waals surface area contributed by atoms with Gasteiger partial charge in [0.05, 0.1) is 6.54 Å². The van der Waals surface area contributed by atoms with Gasteiger partial charge in [0, 0.05) is 12.1 Å². The molecule has 150 valence electrons. The maximum Gasteiger partial charge on any atom is 0.297 e. The Morgan fingerprint density at radius 1 is 1.28 bits per heavy atom. The molecule has 0 radical (unpaired) electrons. The van der Waals surface area contributed by atoms with Gasteiger partial charge in [0.2, 0.25) is 5.82 Å². The maximum absolute atomic E-state index is 5.96. The molecular weight excluding hydrogens is 388 g/mol. The van der Waals surface area contributed by atoms with E-state index < -0.39 is 0 Å². The Morgan fingerprint density at radius 2 is 2.10 bits per heavy atom. The summed E-state index contributed by atoms with van der Waals surface area (Å²) >= 11 is 5.96. The summed E-state index contributed by atoms with van der Waals surface area (Å²) in [4.78, 5) is 13.0. The average Bonchev–Trinajstić information content (AvgIpc) is 3.29. The lowest BCUT2D eigenvalue weighted by atomic mass is 9.81. The molecule has 3 aromatic rings. The van der Waals surface area contributed by atoms with Crippen molar-refractivity contribution in [2.75, 3.05) is 0 Å². The van der Waals surface area contributed by atoms with E-state index in [0.29, 0.717) is 29.2 Å². The van der Waals surface area contributed by atoms with Gasteiger partial charge in [0.15, 0.2) is 5.82 Å². The number of halogens is 1. The first kappa shape index (κ1) is 19.5. The van der Waals surface area contributed by atoms with Crippen LogP contribution in [0.1, 0.15) is 50.3 Å². The molecule has 0 fully saturated rings. The number of aromatic nitrogens is 6. The highest BCUT2D eigenvalue weighted by Gasteiger charge is 2.23. The molecule has 7 nitrogen and oxygen atoms in total. The van der Waals surface area contributed by atoms with Gasteiger partial charge in [-0.3, -0.25) is 0 Å². The molecule has 0 saturated heterocycles. The first-order valence-corrected chi connectivity index (χ1v) is 9.92. The molecule has 0 aliphatic heterocycles. The van der Waals surface area contributed by atoms with E-state index in [1.54, 1.807) is 10.9 Å². The molecule has 0 saturated carbocycles. The smallest absolute Gasteiger partial charge is 0.297 e. The molecule has 1 atom stereocenters. The molecule has 3 aromatic heterocycles. The van der Waals surface area contributed by atoms with Crippen LogP contribution in [0.2, 0.25) is 5.15 Å². The fourth-order valence-electron chi connectivity index (χ4n) is 3.22. The van der Waals surface area contributed by atoms with Gasteiger partial charge < -0.3 is 4.52 Å². The molecule has 1 unspecified atom stereocenters. The van der Waals surface area contributed by atoms with Crippen molar-refractivity contribution in [3.8, 4) is 11.7 Å². The quantitative estimate of drug-likeness (QED) is 0.577. The summed E-state index contributed by atoms with van der Waals surface area (Å²) < 4.78 is 7.23. The predicted molar refractivity (Wildman–Crippen MR) is 110 cm³/mol. The minimum Gasteiger partial charge on any atom is -0.330 e. The van der Waals surface area contributed by atoms with Crippen LogP contribution in [0.15, 0.2) is 46.7 Å². The zero-order valence-corrected chi connectivity index (χ0v) is 17.7. The zero-order valence-electron chi connectivity index (χ0n) is 16.9. The van der Waals surface area contributed by atoms with E-state index in [2.05, 4.69) is 64.2 Å². The highest BCUT2D eigenvalue weighted by molar-refractivity contribution is 6.29. The van der Waals surface area contributed by atoms with Crippen LogP contribution in [-0.2, 0) is 6.54 Å². The van der Waals surface area contributed by atoms with Crippen LogP contribution in [0.5, 0.6) is 0 Å². The number of rotatable bonds is 4. The average molecular weight is 411 g/mol. The largest absolute Gasteiger partial charge is 0.330 e. The Labute approximate surface area is 174 Å². The molecule has 0 spiro atoms. The van der Waals surface area contributed by atoms with Gasteiger partial charge in [0.25, 0.3) is 5.89 Å². The number of pyridine rings is 1. The fraction of sp³-hybridized carbons (Fsp3) is 0.381. The minimum absolute atomic E-state index is 0.0979. The third-order valence-corrected chi connectivity index (χ3v) is 5.12. The summed E-state index contributed by atoms with van der Waals surface area (Å²) in [6, 6.07) is 3.70. The van der Waals surface area contributed by atoms with Crippen LogP contribution < -0.4 is 0 Å². The third-order valence-electron chi connectivity index (χ3n) is 4.91. The van der Waals surface area contributed by atoms with Crippen LogP contribution in [0.3, 0.4) is 0 Å². The van der Waals surface area contributed by atoms with Crippen LogP contribution in [0, 0.1) is 12.3 Å². The molecule has 1 aliphatic rings. The fourth-order valence-corrected chi connectivity index (χ4v) is 3.42. The van der Waals surface area contributed by atoms with Gasteiger partial charge in [-0.2, -0.15) is 4.98 Å².